The molecule has 36 heteroatoms. The van der Waals surface area contributed by atoms with E-state index in [4.69, 9.17) is 5.73 Å². The number of hydrogen-bond acceptors (Lipinski definition) is 3. The van der Waals surface area contributed by atoms with Crippen LogP contribution in [0.1, 0.15) is 33.4 Å². The first-order valence-corrected chi connectivity index (χ1v) is 15.4. The van der Waals surface area contributed by atoms with Crippen LogP contribution in [0.4, 0.5) is 152 Å². The van der Waals surface area contributed by atoms with Crippen LogP contribution in [0.5, 0.6) is 0 Å². The Bertz CT molecular complexity index is 2390. The van der Waals surface area contributed by atoms with Crippen molar-refractivity contribution in [3.8, 4) is 0 Å². The Balaban J connectivity index is 2.35. The number of hydrogen-bond donors (Lipinski definition) is 2. The van der Waals surface area contributed by atoms with Crippen molar-refractivity contribution in [3.63, 3.8) is 0 Å². The van der Waals surface area contributed by atoms with Gasteiger partial charge in [-0.15, -0.1) is 0 Å². The summed E-state index contributed by atoms with van der Waals surface area (Å²) < 4.78 is 457. The summed E-state index contributed by atoms with van der Waals surface area (Å²) in [6, 6.07) is 0. The standard InChI is InChI=1S/C29H8F32N4/c1-65-15(62)5-6(14(33)10(21(37,28(56,57)58)29(59,60)61)9(13(5)32)20(36,26(50,51)52)27(53,54)55)17(65)64-16-4-3(2-63-16)11(30)7(18(34,22(38,39)40)23(41,42)43)8(12(4)31)19(35,24(44,45)46)25(47,48)49/h2,62H2,1H3,(H,63,64). The quantitative estimate of drug-likeness (QED) is 0.250. The molecule has 368 valence electrons. The maximum atomic E-state index is 16.3. The van der Waals surface area contributed by atoms with Crippen LogP contribution in [0.25, 0.3) is 10.8 Å². The van der Waals surface area contributed by atoms with Crippen LogP contribution < -0.4 is 11.1 Å². The van der Waals surface area contributed by atoms with Crippen molar-refractivity contribution >= 4 is 28.2 Å². The molecule has 3 aromatic rings. The lowest BCUT2D eigenvalue weighted by Gasteiger charge is -2.37. The summed E-state index contributed by atoms with van der Waals surface area (Å²) in [5, 5.41) is -4.93. The molecule has 0 saturated heterocycles. The van der Waals surface area contributed by atoms with Gasteiger partial charge in [0.05, 0.1) is 45.1 Å². The predicted molar refractivity (Wildman–Crippen MR) is 147 cm³/mol. The summed E-state index contributed by atoms with van der Waals surface area (Å²) in [6.07, 6.45) is -65.0. The average Bonchev–Trinajstić information content (AvgIpc) is 3.61. The van der Waals surface area contributed by atoms with Gasteiger partial charge in [-0.3, -0.25) is 4.99 Å². The van der Waals surface area contributed by atoms with Gasteiger partial charge in [0.1, 0.15) is 40.7 Å². The Hall–Kier alpha value is -4.99. The first-order valence-electron chi connectivity index (χ1n) is 15.4. The number of aliphatic imine (C=N–C) groups is 1. The van der Waals surface area contributed by atoms with E-state index in [2.05, 4.69) is 4.99 Å². The number of anilines is 2. The molecule has 4 nitrogen and oxygen atoms in total. The van der Waals surface area contributed by atoms with Gasteiger partial charge < -0.3 is 15.6 Å². The van der Waals surface area contributed by atoms with Crippen molar-refractivity contribution in [3.05, 3.63) is 56.6 Å². The van der Waals surface area contributed by atoms with Crippen molar-refractivity contribution < 1.29 is 140 Å². The summed E-state index contributed by atoms with van der Waals surface area (Å²) in [6.45, 7) is -2.38. The number of nitrogen functional groups attached to an aromatic ring is 1. The molecular formula is C29H8F32N4. The van der Waals surface area contributed by atoms with Crippen molar-refractivity contribution in [1.29, 1.82) is 0 Å². The Morgan fingerprint density at radius 1 is 0.415 bits per heavy atom. The average molecular weight is 1020 g/mol. The summed E-state index contributed by atoms with van der Waals surface area (Å²) in [4.78, 5) is 2.69. The molecule has 3 N–H and O–H groups in total. The lowest BCUT2D eigenvalue weighted by molar-refractivity contribution is -0.361. The Labute approximate surface area is 332 Å². The highest BCUT2D eigenvalue weighted by molar-refractivity contribution is 6.16. The van der Waals surface area contributed by atoms with Crippen LogP contribution in [0, 0.1) is 23.3 Å². The molecule has 0 radical (unpaired) electrons. The minimum absolute atomic E-state index is 0.0752. The van der Waals surface area contributed by atoms with E-state index in [-0.39, 0.29) is 7.05 Å². The van der Waals surface area contributed by atoms with Crippen molar-refractivity contribution in [2.45, 2.75) is 78.6 Å². The van der Waals surface area contributed by atoms with Gasteiger partial charge in [0.2, 0.25) is 0 Å². The Morgan fingerprint density at radius 2 is 0.677 bits per heavy atom. The van der Waals surface area contributed by atoms with Gasteiger partial charge in [-0.05, 0) is 0 Å². The highest BCUT2D eigenvalue weighted by atomic mass is 19.5. The maximum absolute atomic E-state index is 16.3. The minimum Gasteiger partial charge on any atom is -0.384 e. The molecule has 0 unspecified atom stereocenters. The maximum Gasteiger partial charge on any atom is 0.436 e. The molecule has 1 aliphatic rings. The molecule has 0 fully saturated rings. The normalized spacial score (nSPS) is 15.9. The second kappa shape index (κ2) is 14.3. The Morgan fingerprint density at radius 3 is 0.969 bits per heavy atom. The number of nitrogens with one attached hydrogen (secondary N) is 1. The third-order valence-corrected chi connectivity index (χ3v) is 9.41. The van der Waals surface area contributed by atoms with Crippen molar-refractivity contribution in [2.75, 3.05) is 11.1 Å². The number of rotatable bonds is 5. The van der Waals surface area contributed by atoms with Gasteiger partial charge in [0.25, 0.3) is 0 Å². The molecule has 0 aliphatic carbocycles. The predicted octanol–water partition coefficient (Wildman–Crippen LogP) is 12.8. The van der Waals surface area contributed by atoms with Gasteiger partial charge in [0, 0.05) is 12.6 Å². The largest absolute Gasteiger partial charge is 0.436 e. The highest BCUT2D eigenvalue weighted by Crippen LogP contribution is 2.65. The van der Waals surface area contributed by atoms with Gasteiger partial charge in [-0.25, -0.2) is 35.1 Å². The number of nitrogens with two attached hydrogens (primary N) is 1. The van der Waals surface area contributed by atoms with E-state index in [0.29, 0.717) is 0 Å². The summed E-state index contributed by atoms with van der Waals surface area (Å²) >= 11 is 0. The highest BCUT2D eigenvalue weighted by Gasteiger charge is 2.83. The number of benzene rings is 2. The molecule has 0 amide bonds. The molecule has 2 aromatic carbocycles. The van der Waals surface area contributed by atoms with E-state index in [1.54, 1.807) is 0 Å². The zero-order valence-electron chi connectivity index (χ0n) is 29.3. The SMILES string of the molecule is Cn1c(N)c2c(F)c(C(F)(C(F)(F)F)C(F)(F)F)c(C(F)(C(F)(F)F)C(F)(F)F)c(F)c2c1NC1=NCc2c(F)c(C(F)(C(F)(F)F)C(F)(F)F)c(C(F)(C(F)(F)F)C(F)(F)F)c(F)c21. The monoisotopic (exact) mass is 1020 g/mol. The van der Waals surface area contributed by atoms with Crippen LogP contribution in [-0.4, -0.2) is 59.8 Å². The number of halogens is 32. The van der Waals surface area contributed by atoms with E-state index >= 15 is 35.1 Å². The second-order valence-electron chi connectivity index (χ2n) is 13.1. The van der Waals surface area contributed by atoms with Gasteiger partial charge >= 0.3 is 72.1 Å². The van der Waals surface area contributed by atoms with E-state index in [1.807, 2.05) is 0 Å². The molecule has 4 rings (SSSR count). The fraction of sp³-hybridized carbons (Fsp3) is 0.483. The molecule has 1 aliphatic heterocycles. The third kappa shape index (κ3) is 6.79. The number of alkyl halides is 28. The first kappa shape index (κ1) is 52.6. The van der Waals surface area contributed by atoms with E-state index < -0.39 is 168 Å². The van der Waals surface area contributed by atoms with Crippen LogP contribution in [-0.2, 0) is 36.3 Å². The van der Waals surface area contributed by atoms with Gasteiger partial charge in [0.15, 0.2) is 0 Å². The third-order valence-electron chi connectivity index (χ3n) is 9.41. The lowest BCUT2D eigenvalue weighted by Crippen LogP contribution is -2.57. The fourth-order valence-electron chi connectivity index (χ4n) is 6.41. The van der Waals surface area contributed by atoms with E-state index in [9.17, 15) is 105 Å². The fourth-order valence-corrected chi connectivity index (χ4v) is 6.41. The van der Waals surface area contributed by atoms with E-state index in [0.717, 1.165) is 5.32 Å². The molecule has 2 heterocycles. The topological polar surface area (TPSA) is 55.3 Å². The van der Waals surface area contributed by atoms with Crippen LogP contribution in [0.3, 0.4) is 0 Å². The molecule has 0 bridgehead atoms. The zero-order chi connectivity index (χ0) is 51.4. The zero-order valence-corrected chi connectivity index (χ0v) is 29.3. The summed E-state index contributed by atoms with van der Waals surface area (Å²) in [5.74, 6) is -24.0. The molecule has 0 spiro atoms. The van der Waals surface area contributed by atoms with Crippen molar-refractivity contribution in [2.24, 2.45) is 12.0 Å². The first-order chi connectivity index (χ1) is 28.4. The van der Waals surface area contributed by atoms with E-state index in [1.165, 1.54) is 0 Å². The summed E-state index contributed by atoms with van der Waals surface area (Å²) in [5.41, 5.74) is -52.5. The number of amidine groups is 1. The lowest BCUT2D eigenvalue weighted by atomic mass is 9.78. The number of nitrogens with zero attached hydrogens (tertiary/aromatic N) is 2. The molecule has 1 aromatic heterocycles. The number of fused-ring (bicyclic) bond motifs is 2. The van der Waals surface area contributed by atoms with Crippen LogP contribution in [0.15, 0.2) is 4.99 Å². The molecule has 0 atom stereocenters. The van der Waals surface area contributed by atoms with Gasteiger partial charge in [-0.2, -0.15) is 105 Å². The Kier molecular flexibility index (Phi) is 11.5. The molecular weight excluding hydrogens is 1010 g/mol. The van der Waals surface area contributed by atoms with Crippen LogP contribution in [0.2, 0.25) is 0 Å². The minimum atomic E-state index is -8.18. The van der Waals surface area contributed by atoms with Crippen LogP contribution >= 0.6 is 0 Å². The molecule has 0 saturated carbocycles. The second-order valence-corrected chi connectivity index (χ2v) is 13.1. The van der Waals surface area contributed by atoms with Crippen molar-refractivity contribution in [1.82, 2.24) is 4.57 Å². The summed E-state index contributed by atoms with van der Waals surface area (Å²) in [7, 11) is -0.0752. The van der Waals surface area contributed by atoms with Gasteiger partial charge in [-0.1, -0.05) is 0 Å². The number of aromatic nitrogens is 1. The molecule has 65 heavy (non-hydrogen) atoms. The smallest absolute Gasteiger partial charge is 0.384 e.